The van der Waals surface area contributed by atoms with Crippen LogP contribution in [0.5, 0.6) is 11.5 Å². The molecule has 0 bridgehead atoms. The molecule has 0 aliphatic carbocycles. The number of ether oxygens (including phenoxy) is 1. The van der Waals surface area contributed by atoms with Gasteiger partial charge < -0.3 is 4.74 Å². The van der Waals surface area contributed by atoms with E-state index in [0.29, 0.717) is 36.6 Å². The predicted molar refractivity (Wildman–Crippen MR) is 98.1 cm³/mol. The average Bonchev–Trinajstić information content (AvgIpc) is 2.56. The van der Waals surface area contributed by atoms with Crippen molar-refractivity contribution < 1.29 is 14.3 Å². The Morgan fingerprint density at radius 3 is 2.20 bits per heavy atom. The van der Waals surface area contributed by atoms with Gasteiger partial charge in [0.05, 0.1) is 5.69 Å². The quantitative estimate of drug-likeness (QED) is 0.741. The van der Waals surface area contributed by atoms with E-state index in [-0.39, 0.29) is 11.8 Å². The number of anilines is 1. The Bertz CT molecular complexity index is 777. The van der Waals surface area contributed by atoms with Crippen molar-refractivity contribution in [2.75, 3.05) is 4.90 Å². The van der Waals surface area contributed by atoms with Gasteiger partial charge in [0.15, 0.2) is 0 Å². The van der Waals surface area contributed by atoms with Gasteiger partial charge in [-0.1, -0.05) is 26.0 Å². The zero-order valence-electron chi connectivity index (χ0n) is 14.9. The summed E-state index contributed by atoms with van der Waals surface area (Å²) >= 11 is 0. The highest BCUT2D eigenvalue weighted by molar-refractivity contribution is 6.16. The number of carbonyl (C=O) groups excluding carboxylic acids is 2. The first-order valence-corrected chi connectivity index (χ1v) is 8.70. The van der Waals surface area contributed by atoms with Crippen molar-refractivity contribution >= 4 is 17.5 Å². The van der Waals surface area contributed by atoms with Crippen LogP contribution in [0, 0.1) is 6.92 Å². The molecule has 1 heterocycles. The molecule has 0 radical (unpaired) electrons. The van der Waals surface area contributed by atoms with Gasteiger partial charge in [-0.3, -0.25) is 14.5 Å². The van der Waals surface area contributed by atoms with Gasteiger partial charge in [-0.05, 0) is 60.7 Å². The second-order valence-electron chi connectivity index (χ2n) is 6.77. The van der Waals surface area contributed by atoms with Crippen LogP contribution in [0.2, 0.25) is 0 Å². The molecule has 4 heteroatoms. The monoisotopic (exact) mass is 337 g/mol. The molecule has 130 valence electrons. The summed E-state index contributed by atoms with van der Waals surface area (Å²) in [6, 6.07) is 13.3. The van der Waals surface area contributed by atoms with Crippen molar-refractivity contribution in [2.24, 2.45) is 0 Å². The molecule has 25 heavy (non-hydrogen) atoms. The summed E-state index contributed by atoms with van der Waals surface area (Å²) in [7, 11) is 0. The Hall–Kier alpha value is -2.62. The maximum absolute atomic E-state index is 12.0. The number of amides is 2. The van der Waals surface area contributed by atoms with E-state index in [0.717, 1.165) is 16.9 Å². The third kappa shape index (κ3) is 3.73. The minimum Gasteiger partial charge on any atom is -0.457 e. The lowest BCUT2D eigenvalue weighted by atomic mass is 10.0. The molecule has 2 aromatic rings. The Labute approximate surface area is 148 Å². The number of nitrogens with zero attached hydrogens (tertiary/aromatic N) is 1. The fourth-order valence-corrected chi connectivity index (χ4v) is 3.04. The highest BCUT2D eigenvalue weighted by Gasteiger charge is 2.27. The normalized spacial score (nSPS) is 15.0. The molecule has 1 saturated heterocycles. The molecule has 4 nitrogen and oxygen atoms in total. The van der Waals surface area contributed by atoms with Crippen LogP contribution in [0.4, 0.5) is 5.69 Å². The molecule has 2 aromatic carbocycles. The third-order valence-corrected chi connectivity index (χ3v) is 4.39. The number of carbonyl (C=O) groups is 2. The van der Waals surface area contributed by atoms with Crippen LogP contribution in [0.15, 0.2) is 42.5 Å². The van der Waals surface area contributed by atoms with Gasteiger partial charge in [-0.25, -0.2) is 0 Å². The van der Waals surface area contributed by atoms with Gasteiger partial charge in [0.1, 0.15) is 11.5 Å². The molecule has 3 rings (SSSR count). The number of aryl methyl sites for hydroxylation is 1. The highest BCUT2D eigenvalue weighted by atomic mass is 16.5. The first-order chi connectivity index (χ1) is 12.0. The molecule has 0 N–H and O–H groups in total. The number of piperidine rings is 1. The number of hydrogen-bond donors (Lipinski definition) is 0. The van der Waals surface area contributed by atoms with E-state index >= 15 is 0 Å². The summed E-state index contributed by atoms with van der Waals surface area (Å²) in [4.78, 5) is 25.3. The molecule has 0 spiro atoms. The molecule has 1 aliphatic heterocycles. The molecule has 0 aromatic heterocycles. The third-order valence-electron chi connectivity index (χ3n) is 4.39. The SMILES string of the molecule is Cc1ccc(C(C)C)c(Oc2ccc(N3C(=O)CCCC3=O)cc2)c1. The van der Waals surface area contributed by atoms with Gasteiger partial charge >= 0.3 is 0 Å². The standard InChI is InChI=1S/C21H23NO3/c1-14(2)18-12-7-15(3)13-19(18)25-17-10-8-16(9-11-17)22-20(23)5-4-6-21(22)24/h7-14H,4-6H2,1-3H3. The van der Waals surface area contributed by atoms with E-state index in [1.54, 1.807) is 24.3 Å². The van der Waals surface area contributed by atoms with Crippen LogP contribution >= 0.6 is 0 Å². The van der Waals surface area contributed by atoms with E-state index in [4.69, 9.17) is 4.74 Å². The van der Waals surface area contributed by atoms with Crippen molar-refractivity contribution in [3.63, 3.8) is 0 Å². The summed E-state index contributed by atoms with van der Waals surface area (Å²) in [6.07, 6.45) is 1.48. The van der Waals surface area contributed by atoms with E-state index in [9.17, 15) is 9.59 Å². The summed E-state index contributed by atoms with van der Waals surface area (Å²) in [6.45, 7) is 6.30. The van der Waals surface area contributed by atoms with Crippen LogP contribution in [0.25, 0.3) is 0 Å². The van der Waals surface area contributed by atoms with Gasteiger partial charge in [0, 0.05) is 12.8 Å². The zero-order valence-corrected chi connectivity index (χ0v) is 14.9. The summed E-state index contributed by atoms with van der Waals surface area (Å²) in [5, 5.41) is 0. The van der Waals surface area contributed by atoms with Crippen molar-refractivity contribution in [2.45, 2.75) is 46.0 Å². The minimum absolute atomic E-state index is 0.134. The zero-order chi connectivity index (χ0) is 18.0. The summed E-state index contributed by atoms with van der Waals surface area (Å²) in [5.41, 5.74) is 2.90. The fraction of sp³-hybridized carbons (Fsp3) is 0.333. The van der Waals surface area contributed by atoms with Crippen LogP contribution < -0.4 is 9.64 Å². The van der Waals surface area contributed by atoms with Crippen LogP contribution in [0.1, 0.15) is 50.2 Å². The van der Waals surface area contributed by atoms with Crippen molar-refractivity contribution in [1.29, 1.82) is 0 Å². The average molecular weight is 337 g/mol. The molecule has 1 aliphatic rings. The van der Waals surface area contributed by atoms with Gasteiger partial charge in [0.25, 0.3) is 0 Å². The first kappa shape index (κ1) is 17.2. The lowest BCUT2D eigenvalue weighted by Gasteiger charge is -2.25. The smallest absolute Gasteiger partial charge is 0.233 e. The molecule has 0 saturated carbocycles. The molecule has 0 unspecified atom stereocenters. The summed E-state index contributed by atoms with van der Waals surface area (Å²) < 4.78 is 6.06. The maximum Gasteiger partial charge on any atom is 0.233 e. The second-order valence-corrected chi connectivity index (χ2v) is 6.77. The molecular weight excluding hydrogens is 314 g/mol. The molecule has 1 fully saturated rings. The maximum atomic E-state index is 12.0. The van der Waals surface area contributed by atoms with Crippen molar-refractivity contribution in [3.05, 3.63) is 53.6 Å². The largest absolute Gasteiger partial charge is 0.457 e. The van der Waals surface area contributed by atoms with Gasteiger partial charge in [0.2, 0.25) is 11.8 Å². The molecular formula is C21H23NO3. The minimum atomic E-state index is -0.134. The van der Waals surface area contributed by atoms with Crippen molar-refractivity contribution in [3.8, 4) is 11.5 Å². The Balaban J connectivity index is 1.83. The van der Waals surface area contributed by atoms with Crippen molar-refractivity contribution in [1.82, 2.24) is 0 Å². The second kappa shape index (κ2) is 7.09. The van der Waals surface area contributed by atoms with E-state index in [1.165, 1.54) is 4.90 Å². The Morgan fingerprint density at radius 2 is 1.60 bits per heavy atom. The van der Waals surface area contributed by atoms with Crippen LogP contribution in [-0.4, -0.2) is 11.8 Å². The number of imide groups is 1. The van der Waals surface area contributed by atoms with Crippen LogP contribution in [-0.2, 0) is 9.59 Å². The Kier molecular flexibility index (Phi) is 4.88. The summed E-state index contributed by atoms with van der Waals surface area (Å²) in [5.74, 6) is 1.62. The Morgan fingerprint density at radius 1 is 0.960 bits per heavy atom. The lowest BCUT2D eigenvalue weighted by molar-refractivity contribution is -0.129. The topological polar surface area (TPSA) is 46.6 Å². The fourth-order valence-electron chi connectivity index (χ4n) is 3.04. The van der Waals surface area contributed by atoms with E-state index < -0.39 is 0 Å². The van der Waals surface area contributed by atoms with E-state index in [2.05, 4.69) is 26.0 Å². The molecule has 0 atom stereocenters. The number of rotatable bonds is 4. The lowest BCUT2D eigenvalue weighted by Crippen LogP contribution is -2.40. The van der Waals surface area contributed by atoms with Crippen LogP contribution in [0.3, 0.4) is 0 Å². The molecule has 2 amide bonds. The van der Waals surface area contributed by atoms with E-state index in [1.807, 2.05) is 13.0 Å². The number of hydrogen-bond acceptors (Lipinski definition) is 3. The highest BCUT2D eigenvalue weighted by Crippen LogP contribution is 2.32. The van der Waals surface area contributed by atoms with Gasteiger partial charge in [-0.15, -0.1) is 0 Å². The van der Waals surface area contributed by atoms with Gasteiger partial charge in [-0.2, -0.15) is 0 Å². The number of benzene rings is 2. The predicted octanol–water partition coefficient (Wildman–Crippen LogP) is 4.95. The first-order valence-electron chi connectivity index (χ1n) is 8.70.